The molecule has 92 valence electrons. The van der Waals surface area contributed by atoms with E-state index in [9.17, 15) is 0 Å². The molecule has 0 atom stereocenters. The third-order valence-corrected chi connectivity index (χ3v) is 3.47. The smallest absolute Gasteiger partial charge is 0.143 e. The van der Waals surface area contributed by atoms with Gasteiger partial charge in [0.2, 0.25) is 0 Å². The highest BCUT2D eigenvalue weighted by Crippen LogP contribution is 2.27. The molecule has 17 heavy (non-hydrogen) atoms. The number of benzene rings is 1. The van der Waals surface area contributed by atoms with Crippen molar-refractivity contribution in [3.63, 3.8) is 0 Å². The van der Waals surface area contributed by atoms with Gasteiger partial charge in [0.05, 0.1) is 0 Å². The zero-order chi connectivity index (χ0) is 12.8. The van der Waals surface area contributed by atoms with E-state index in [0.29, 0.717) is 5.92 Å². The molecule has 1 aromatic carbocycles. The minimum Gasteiger partial charge on any atom is -0.143 e. The summed E-state index contributed by atoms with van der Waals surface area (Å²) in [6.07, 6.45) is 0. The Hall–Kier alpha value is -1.22. The molecule has 0 bridgehead atoms. The van der Waals surface area contributed by atoms with Crippen LogP contribution >= 0.6 is 11.3 Å². The molecule has 1 aromatic heterocycles. The van der Waals surface area contributed by atoms with Crippen LogP contribution in [-0.4, -0.2) is 10.2 Å². The third-order valence-electron chi connectivity index (χ3n) is 2.20. The summed E-state index contributed by atoms with van der Waals surface area (Å²) >= 11 is 1.68. The first kappa shape index (κ1) is 13.8. The lowest BCUT2D eigenvalue weighted by molar-refractivity contribution is 0.825. The SMILES string of the molecule is CC.Cc1cccc(-c2nnc(C(C)C)s2)c1. The Morgan fingerprint density at radius 2 is 1.82 bits per heavy atom. The highest BCUT2D eigenvalue weighted by atomic mass is 32.1. The van der Waals surface area contributed by atoms with E-state index in [2.05, 4.69) is 55.2 Å². The van der Waals surface area contributed by atoms with E-state index in [-0.39, 0.29) is 0 Å². The third kappa shape index (κ3) is 3.63. The van der Waals surface area contributed by atoms with E-state index in [1.165, 1.54) is 11.1 Å². The first-order chi connectivity index (χ1) is 8.16. The van der Waals surface area contributed by atoms with Crippen molar-refractivity contribution in [2.24, 2.45) is 0 Å². The number of nitrogens with zero attached hydrogens (tertiary/aromatic N) is 2. The van der Waals surface area contributed by atoms with Crippen molar-refractivity contribution >= 4 is 11.3 Å². The molecule has 0 saturated heterocycles. The largest absolute Gasteiger partial charge is 0.147 e. The zero-order valence-corrected chi connectivity index (χ0v) is 12.0. The van der Waals surface area contributed by atoms with Gasteiger partial charge >= 0.3 is 0 Å². The van der Waals surface area contributed by atoms with E-state index in [1.54, 1.807) is 11.3 Å². The predicted molar refractivity (Wildman–Crippen MR) is 75.5 cm³/mol. The fourth-order valence-electron chi connectivity index (χ4n) is 1.36. The van der Waals surface area contributed by atoms with Gasteiger partial charge in [-0.15, -0.1) is 10.2 Å². The van der Waals surface area contributed by atoms with Crippen LogP contribution in [0.25, 0.3) is 10.6 Å². The standard InChI is InChI=1S/C12H14N2S.C2H6/c1-8(2)11-13-14-12(15-11)10-6-4-5-9(3)7-10;1-2/h4-8H,1-3H3;1-2H3. The Labute approximate surface area is 108 Å². The second-order valence-electron chi connectivity index (χ2n) is 3.97. The van der Waals surface area contributed by atoms with Crippen molar-refractivity contribution in [1.82, 2.24) is 10.2 Å². The van der Waals surface area contributed by atoms with Crippen molar-refractivity contribution in [3.05, 3.63) is 34.8 Å². The normalized spacial score (nSPS) is 10.0. The molecule has 0 saturated carbocycles. The maximum Gasteiger partial charge on any atom is 0.147 e. The molecule has 0 spiro atoms. The van der Waals surface area contributed by atoms with Crippen LogP contribution in [0.5, 0.6) is 0 Å². The maximum atomic E-state index is 4.22. The van der Waals surface area contributed by atoms with Gasteiger partial charge in [-0.2, -0.15) is 0 Å². The predicted octanol–water partition coefficient (Wildman–Crippen LogP) is 4.66. The molecule has 1 heterocycles. The topological polar surface area (TPSA) is 25.8 Å². The van der Waals surface area contributed by atoms with E-state index in [4.69, 9.17) is 0 Å². The molecule has 0 amide bonds. The van der Waals surface area contributed by atoms with Crippen LogP contribution in [0.2, 0.25) is 0 Å². The van der Waals surface area contributed by atoms with Crippen molar-refractivity contribution in [2.45, 2.75) is 40.5 Å². The summed E-state index contributed by atoms with van der Waals surface area (Å²) in [5.74, 6) is 0.459. The molecule has 0 radical (unpaired) electrons. The summed E-state index contributed by atoms with van der Waals surface area (Å²) in [4.78, 5) is 0. The minimum atomic E-state index is 0.459. The molecular formula is C14H20N2S. The fraction of sp³-hybridized carbons (Fsp3) is 0.429. The Morgan fingerprint density at radius 3 is 2.35 bits per heavy atom. The van der Waals surface area contributed by atoms with Crippen LogP contribution in [0.3, 0.4) is 0 Å². The fourth-order valence-corrected chi connectivity index (χ4v) is 2.20. The average molecular weight is 248 g/mol. The second kappa shape index (κ2) is 6.50. The Balaban J connectivity index is 0.000000686. The summed E-state index contributed by atoms with van der Waals surface area (Å²) in [7, 11) is 0. The summed E-state index contributed by atoms with van der Waals surface area (Å²) in [6, 6.07) is 8.37. The average Bonchev–Trinajstić information content (AvgIpc) is 2.81. The quantitative estimate of drug-likeness (QED) is 0.772. The number of aromatic nitrogens is 2. The highest BCUT2D eigenvalue weighted by molar-refractivity contribution is 7.14. The van der Waals surface area contributed by atoms with E-state index < -0.39 is 0 Å². The number of rotatable bonds is 2. The van der Waals surface area contributed by atoms with Crippen LogP contribution in [-0.2, 0) is 0 Å². The van der Waals surface area contributed by atoms with Gasteiger partial charge in [0.15, 0.2) is 0 Å². The van der Waals surface area contributed by atoms with Crippen LogP contribution < -0.4 is 0 Å². The molecule has 0 aliphatic heterocycles. The lowest BCUT2D eigenvalue weighted by Gasteiger charge is -1.97. The van der Waals surface area contributed by atoms with Crippen molar-refractivity contribution in [3.8, 4) is 10.6 Å². The molecule has 0 N–H and O–H groups in total. The molecule has 2 nitrogen and oxygen atoms in total. The van der Waals surface area contributed by atoms with Crippen molar-refractivity contribution < 1.29 is 0 Å². The van der Waals surface area contributed by atoms with Gasteiger partial charge in [0.25, 0.3) is 0 Å². The molecule has 0 aliphatic carbocycles. The van der Waals surface area contributed by atoms with Crippen LogP contribution in [0, 0.1) is 6.92 Å². The van der Waals surface area contributed by atoms with E-state index in [0.717, 1.165) is 10.0 Å². The monoisotopic (exact) mass is 248 g/mol. The van der Waals surface area contributed by atoms with Gasteiger partial charge in [-0.25, -0.2) is 0 Å². The molecule has 0 aliphatic rings. The molecule has 0 fully saturated rings. The summed E-state index contributed by atoms with van der Waals surface area (Å²) in [5, 5.41) is 10.5. The van der Waals surface area contributed by atoms with Crippen LogP contribution in [0.15, 0.2) is 24.3 Å². The van der Waals surface area contributed by atoms with Crippen LogP contribution in [0.1, 0.15) is 44.2 Å². The lowest BCUT2D eigenvalue weighted by Crippen LogP contribution is -1.83. The Bertz CT molecular complexity index is 461. The van der Waals surface area contributed by atoms with Crippen molar-refractivity contribution in [2.75, 3.05) is 0 Å². The van der Waals surface area contributed by atoms with Gasteiger partial charge in [0.1, 0.15) is 10.0 Å². The molecule has 3 heteroatoms. The first-order valence-electron chi connectivity index (χ1n) is 6.07. The van der Waals surface area contributed by atoms with Gasteiger partial charge < -0.3 is 0 Å². The van der Waals surface area contributed by atoms with Gasteiger partial charge in [-0.1, -0.05) is 62.8 Å². The van der Waals surface area contributed by atoms with Crippen molar-refractivity contribution in [1.29, 1.82) is 0 Å². The minimum absolute atomic E-state index is 0.459. The van der Waals surface area contributed by atoms with E-state index >= 15 is 0 Å². The van der Waals surface area contributed by atoms with Gasteiger partial charge in [0, 0.05) is 11.5 Å². The zero-order valence-electron chi connectivity index (χ0n) is 11.2. The second-order valence-corrected chi connectivity index (χ2v) is 4.98. The first-order valence-corrected chi connectivity index (χ1v) is 6.89. The Kier molecular flexibility index (Phi) is 5.29. The summed E-state index contributed by atoms with van der Waals surface area (Å²) in [6.45, 7) is 10.4. The van der Waals surface area contributed by atoms with Crippen LogP contribution in [0.4, 0.5) is 0 Å². The number of hydrogen-bond acceptors (Lipinski definition) is 3. The van der Waals surface area contributed by atoms with Gasteiger partial charge in [-0.05, 0) is 13.0 Å². The summed E-state index contributed by atoms with van der Waals surface area (Å²) in [5.41, 5.74) is 2.42. The number of aryl methyl sites for hydroxylation is 1. The maximum absolute atomic E-state index is 4.22. The Morgan fingerprint density at radius 1 is 1.12 bits per heavy atom. The van der Waals surface area contributed by atoms with E-state index in [1.807, 2.05) is 13.8 Å². The molecule has 0 unspecified atom stereocenters. The summed E-state index contributed by atoms with van der Waals surface area (Å²) < 4.78 is 0. The molecule has 2 rings (SSSR count). The molecule has 2 aromatic rings. The highest BCUT2D eigenvalue weighted by Gasteiger charge is 2.08. The number of hydrogen-bond donors (Lipinski definition) is 0. The van der Waals surface area contributed by atoms with Gasteiger partial charge in [-0.3, -0.25) is 0 Å². The lowest BCUT2D eigenvalue weighted by atomic mass is 10.1. The molecular weight excluding hydrogens is 228 g/mol.